The van der Waals surface area contributed by atoms with Crippen molar-refractivity contribution >= 4 is 26.8 Å². The number of H-pyrrole nitrogens is 1. The first-order valence-electron chi connectivity index (χ1n) is 7.11. The Morgan fingerprint density at radius 3 is 2.67 bits per heavy atom. The Labute approximate surface area is 149 Å². The van der Waals surface area contributed by atoms with Crippen molar-refractivity contribution in [2.75, 3.05) is 6.61 Å². The first-order chi connectivity index (χ1) is 12.5. The second-order valence-corrected chi connectivity index (χ2v) is 8.14. The summed E-state index contributed by atoms with van der Waals surface area (Å²) in [5.41, 5.74) is -0.585. The number of nitrogens with one attached hydrogen (secondary N) is 1. The molecule has 17 heteroatoms. The van der Waals surface area contributed by atoms with E-state index in [4.69, 9.17) is 9.63 Å². The molecule has 0 spiro atoms. The van der Waals surface area contributed by atoms with Crippen molar-refractivity contribution in [3.8, 4) is 0 Å². The Morgan fingerprint density at radius 2 is 2.00 bits per heavy atom. The van der Waals surface area contributed by atoms with Gasteiger partial charge in [-0.3, -0.25) is 18.5 Å². The largest absolute Gasteiger partial charge is 0.756 e. The van der Waals surface area contributed by atoms with Crippen LogP contribution in [0.1, 0.15) is 6.23 Å². The molecule has 1 saturated heterocycles. The number of hydrogen-bond acceptors (Lipinski definition) is 12. The molecule has 0 amide bonds. The summed E-state index contributed by atoms with van der Waals surface area (Å²) in [6.45, 7) is -0.934. The molecule has 1 aliphatic rings. The molecule has 27 heavy (non-hydrogen) atoms. The van der Waals surface area contributed by atoms with Crippen molar-refractivity contribution in [2.45, 2.75) is 24.5 Å². The van der Waals surface area contributed by atoms with Crippen molar-refractivity contribution < 1.29 is 47.6 Å². The molecule has 0 aliphatic carbocycles. The minimum absolute atomic E-state index is 0.0296. The number of phosphoric acid groups is 2. The highest BCUT2D eigenvalue weighted by Crippen LogP contribution is 2.52. The van der Waals surface area contributed by atoms with E-state index in [0.29, 0.717) is 0 Å². The van der Waals surface area contributed by atoms with Crippen LogP contribution in [0.3, 0.4) is 0 Å². The number of ether oxygens (including phenoxy) is 1. The summed E-state index contributed by atoms with van der Waals surface area (Å²) in [6, 6.07) is 0. The van der Waals surface area contributed by atoms with E-state index in [1.54, 1.807) is 0 Å². The Bertz CT molecular complexity index is 985. The molecule has 2 aromatic heterocycles. The van der Waals surface area contributed by atoms with Crippen molar-refractivity contribution in [1.29, 1.82) is 0 Å². The molecule has 3 heterocycles. The Morgan fingerprint density at radius 1 is 1.30 bits per heavy atom. The van der Waals surface area contributed by atoms with Gasteiger partial charge in [-0.1, -0.05) is 0 Å². The fraction of sp³-hybridized carbons (Fsp3) is 0.500. The monoisotopic (exact) mass is 426 g/mol. The van der Waals surface area contributed by atoms with Gasteiger partial charge in [0.2, 0.25) is 0 Å². The van der Waals surface area contributed by atoms with Crippen LogP contribution in [-0.2, 0) is 22.7 Å². The van der Waals surface area contributed by atoms with E-state index in [1.807, 2.05) is 0 Å². The van der Waals surface area contributed by atoms with Crippen LogP contribution < -0.4 is 15.3 Å². The van der Waals surface area contributed by atoms with Gasteiger partial charge < -0.3 is 39.1 Å². The Kier molecular flexibility index (Phi) is 5.35. The number of nitrogens with zero attached hydrogens (tertiary/aromatic N) is 3. The molecule has 1 fully saturated rings. The highest BCUT2D eigenvalue weighted by Gasteiger charge is 2.45. The standard InChI is InChI=1S/C10H14N4O11P2/c15-6-4(1-23-27(21,22)25-26(18,19)20)24-10(7(6)16)14-3-13-5-8(14)11-2-12-9(5)17/h2-4,6-7,10,15-16H,1H2,(H,21,22)(H,11,12,17)(H2,18,19,20)/p-2/t4-,6?,7+,10-/m1/s1. The van der Waals surface area contributed by atoms with E-state index in [0.717, 1.165) is 17.2 Å². The summed E-state index contributed by atoms with van der Waals surface area (Å²) in [7, 11) is -11.1. The SMILES string of the molecule is O=c1[nH]cnc2c1ncn2[C@@H]1O[C@H](COP(=O)([O-])OP(=O)([O-])O)C(O)[C@@H]1O. The zero-order valence-electron chi connectivity index (χ0n) is 13.0. The lowest BCUT2D eigenvalue weighted by molar-refractivity contribution is -0.242. The van der Waals surface area contributed by atoms with Crippen LogP contribution in [0.25, 0.3) is 11.2 Å². The van der Waals surface area contributed by atoms with Gasteiger partial charge in [0.25, 0.3) is 21.2 Å². The van der Waals surface area contributed by atoms with E-state index < -0.39 is 52.4 Å². The van der Waals surface area contributed by atoms with E-state index in [9.17, 15) is 33.9 Å². The first kappa shape index (κ1) is 20.2. The minimum Gasteiger partial charge on any atom is -0.756 e. The van der Waals surface area contributed by atoms with Gasteiger partial charge >= 0.3 is 0 Å². The van der Waals surface area contributed by atoms with E-state index >= 15 is 0 Å². The third kappa shape index (κ3) is 4.33. The number of aliphatic hydroxyl groups is 2. The highest BCUT2D eigenvalue weighted by atomic mass is 31.3. The quantitative estimate of drug-likeness (QED) is 0.332. The number of phosphoric ester groups is 1. The molecule has 150 valence electrons. The predicted octanol–water partition coefficient (Wildman–Crippen LogP) is -3.30. The summed E-state index contributed by atoms with van der Waals surface area (Å²) in [5, 5.41) is 20.1. The van der Waals surface area contributed by atoms with Crippen molar-refractivity contribution in [2.24, 2.45) is 0 Å². The molecule has 0 aromatic carbocycles. The summed E-state index contributed by atoms with van der Waals surface area (Å²) in [5.74, 6) is 0. The lowest BCUT2D eigenvalue weighted by atomic mass is 10.1. The van der Waals surface area contributed by atoms with Crippen molar-refractivity contribution in [3.63, 3.8) is 0 Å². The number of hydrogen-bond donors (Lipinski definition) is 4. The molecule has 0 bridgehead atoms. The van der Waals surface area contributed by atoms with Gasteiger partial charge in [0.1, 0.15) is 18.3 Å². The molecule has 3 rings (SSSR count). The summed E-state index contributed by atoms with van der Waals surface area (Å²) < 4.78 is 35.9. The Hall–Kier alpha value is -1.51. The van der Waals surface area contributed by atoms with Crippen LogP contribution in [0.5, 0.6) is 0 Å². The number of aromatic amines is 1. The molecule has 1 aliphatic heterocycles. The van der Waals surface area contributed by atoms with Gasteiger partial charge in [-0.25, -0.2) is 14.3 Å². The summed E-state index contributed by atoms with van der Waals surface area (Å²) in [6.07, 6.45) is -3.77. The third-order valence-corrected chi connectivity index (χ3v) is 5.67. The zero-order valence-corrected chi connectivity index (χ0v) is 14.8. The summed E-state index contributed by atoms with van der Waals surface area (Å²) >= 11 is 0. The number of rotatable bonds is 6. The maximum Gasteiger partial charge on any atom is 0.278 e. The van der Waals surface area contributed by atoms with Gasteiger partial charge in [0, 0.05) is 0 Å². The fourth-order valence-corrected chi connectivity index (χ4v) is 3.99. The molecule has 15 nitrogen and oxygen atoms in total. The molecule has 4 N–H and O–H groups in total. The maximum absolute atomic E-state index is 11.7. The van der Waals surface area contributed by atoms with E-state index in [-0.39, 0.29) is 11.2 Å². The Balaban J connectivity index is 1.76. The van der Waals surface area contributed by atoms with Crippen LogP contribution in [0.15, 0.2) is 17.4 Å². The van der Waals surface area contributed by atoms with Gasteiger partial charge in [-0.05, 0) is 0 Å². The van der Waals surface area contributed by atoms with Crippen LogP contribution in [0.2, 0.25) is 0 Å². The van der Waals surface area contributed by atoms with Gasteiger partial charge in [-0.15, -0.1) is 0 Å². The van der Waals surface area contributed by atoms with Gasteiger partial charge in [0.15, 0.2) is 17.4 Å². The van der Waals surface area contributed by atoms with Crippen molar-refractivity contribution in [1.82, 2.24) is 19.5 Å². The topological polar surface area (TPSA) is 232 Å². The lowest BCUT2D eigenvalue weighted by Crippen LogP contribution is -2.34. The van der Waals surface area contributed by atoms with E-state index in [1.165, 1.54) is 0 Å². The van der Waals surface area contributed by atoms with Crippen LogP contribution >= 0.6 is 15.6 Å². The molecule has 0 radical (unpaired) electrons. The average Bonchev–Trinajstić information content (AvgIpc) is 3.07. The number of fused-ring (bicyclic) bond motifs is 1. The first-order valence-corrected chi connectivity index (χ1v) is 10.1. The number of aliphatic hydroxyl groups excluding tert-OH is 2. The maximum atomic E-state index is 11.7. The normalized spacial score (nSPS) is 30.3. The molecule has 2 aromatic rings. The fourth-order valence-electron chi connectivity index (χ4n) is 2.46. The third-order valence-electron chi connectivity index (χ3n) is 3.58. The molecule has 0 saturated carbocycles. The molecular formula is C10H12N4O11P2-2. The van der Waals surface area contributed by atoms with Gasteiger partial charge in [0.05, 0.1) is 19.3 Å². The van der Waals surface area contributed by atoms with Gasteiger partial charge in [-0.2, -0.15) is 0 Å². The average molecular weight is 426 g/mol. The predicted molar refractivity (Wildman–Crippen MR) is 78.5 cm³/mol. The van der Waals surface area contributed by atoms with Crippen LogP contribution in [0, 0.1) is 0 Å². The number of imidazole rings is 1. The van der Waals surface area contributed by atoms with Crippen LogP contribution in [-0.4, -0.2) is 59.5 Å². The second-order valence-electron chi connectivity index (χ2n) is 5.40. The molecular weight excluding hydrogens is 414 g/mol. The smallest absolute Gasteiger partial charge is 0.278 e. The molecule has 3 unspecified atom stereocenters. The number of aromatic nitrogens is 4. The second kappa shape index (κ2) is 7.14. The minimum atomic E-state index is -5.62. The van der Waals surface area contributed by atoms with E-state index in [2.05, 4.69) is 23.8 Å². The lowest BCUT2D eigenvalue weighted by Gasteiger charge is -2.28. The van der Waals surface area contributed by atoms with Crippen molar-refractivity contribution in [3.05, 3.63) is 23.0 Å². The highest BCUT2D eigenvalue weighted by molar-refractivity contribution is 7.59. The van der Waals surface area contributed by atoms with Crippen LogP contribution in [0.4, 0.5) is 0 Å². The summed E-state index contributed by atoms with van der Waals surface area (Å²) in [4.78, 5) is 51.8. The molecule has 6 atom stereocenters. The zero-order chi connectivity index (χ0) is 20.0.